The number of nitrogens with zero attached hydrogens (tertiary/aromatic N) is 2. The molecule has 18 heavy (non-hydrogen) atoms. The number of halogens is 1. The average molecular weight is 313 g/mol. The maximum absolute atomic E-state index is 12.0. The number of hydrogen-bond donors (Lipinski definition) is 0. The lowest BCUT2D eigenvalue weighted by molar-refractivity contribution is -0.140. The highest BCUT2D eigenvalue weighted by atomic mass is 35.5. The molecule has 0 aliphatic heterocycles. The summed E-state index contributed by atoms with van der Waals surface area (Å²) in [6.07, 6.45) is 1.80. The summed E-state index contributed by atoms with van der Waals surface area (Å²) >= 11 is 6.50. The molecule has 1 aromatic rings. The number of thiazole rings is 1. The van der Waals surface area contributed by atoms with Crippen LogP contribution in [0.4, 0.5) is 0 Å². The Morgan fingerprint density at radius 3 is 2.78 bits per heavy atom. The van der Waals surface area contributed by atoms with Crippen LogP contribution in [0, 0.1) is 0 Å². The van der Waals surface area contributed by atoms with Gasteiger partial charge in [-0.3, -0.25) is 4.79 Å². The summed E-state index contributed by atoms with van der Waals surface area (Å²) in [7, 11) is -0.832. The van der Waals surface area contributed by atoms with Gasteiger partial charge in [0.1, 0.15) is 0 Å². The van der Waals surface area contributed by atoms with Crippen molar-refractivity contribution in [1.29, 1.82) is 0 Å². The SMILES string of the molecule is COC(=O)CCCN(C)S(=O)(=O)c1cnc(Cl)s1. The van der Waals surface area contributed by atoms with Gasteiger partial charge in [-0.25, -0.2) is 17.7 Å². The second-order valence-corrected chi connectivity index (χ2v) is 7.32. The number of esters is 1. The van der Waals surface area contributed by atoms with E-state index in [1.54, 1.807) is 0 Å². The lowest BCUT2D eigenvalue weighted by Crippen LogP contribution is -2.27. The molecule has 0 saturated heterocycles. The summed E-state index contributed by atoms with van der Waals surface area (Å²) in [5.41, 5.74) is 0. The molecule has 1 rings (SSSR count). The Morgan fingerprint density at radius 2 is 2.28 bits per heavy atom. The minimum absolute atomic E-state index is 0.0908. The van der Waals surface area contributed by atoms with Crippen LogP contribution in [0.2, 0.25) is 4.47 Å². The molecule has 9 heteroatoms. The molecule has 0 fully saturated rings. The zero-order chi connectivity index (χ0) is 13.8. The van der Waals surface area contributed by atoms with E-state index in [9.17, 15) is 13.2 Å². The van der Waals surface area contributed by atoms with E-state index < -0.39 is 10.0 Å². The molecule has 0 N–H and O–H groups in total. The topological polar surface area (TPSA) is 76.6 Å². The zero-order valence-corrected chi connectivity index (χ0v) is 12.3. The third-order valence-corrected chi connectivity index (χ3v) is 5.61. The first kappa shape index (κ1) is 15.4. The van der Waals surface area contributed by atoms with Crippen LogP contribution in [0.1, 0.15) is 12.8 Å². The van der Waals surface area contributed by atoms with Gasteiger partial charge in [-0.15, -0.1) is 0 Å². The lowest BCUT2D eigenvalue weighted by atomic mass is 10.3. The van der Waals surface area contributed by atoms with Crippen LogP contribution in [-0.4, -0.2) is 44.4 Å². The fourth-order valence-electron chi connectivity index (χ4n) is 1.18. The van der Waals surface area contributed by atoms with Crippen LogP contribution in [0.15, 0.2) is 10.4 Å². The minimum Gasteiger partial charge on any atom is -0.469 e. The van der Waals surface area contributed by atoms with Crippen molar-refractivity contribution in [3.8, 4) is 0 Å². The van der Waals surface area contributed by atoms with Gasteiger partial charge in [0.2, 0.25) is 0 Å². The molecule has 0 spiro atoms. The van der Waals surface area contributed by atoms with Crippen LogP contribution >= 0.6 is 22.9 Å². The van der Waals surface area contributed by atoms with Gasteiger partial charge >= 0.3 is 5.97 Å². The van der Waals surface area contributed by atoms with Gasteiger partial charge < -0.3 is 4.74 Å². The first-order valence-corrected chi connectivity index (χ1v) is 7.66. The highest BCUT2D eigenvalue weighted by molar-refractivity contribution is 7.91. The normalized spacial score (nSPS) is 11.8. The number of aromatic nitrogens is 1. The number of rotatable bonds is 6. The predicted octanol–water partition coefficient (Wildman–Crippen LogP) is 1.37. The van der Waals surface area contributed by atoms with Gasteiger partial charge in [-0.1, -0.05) is 22.9 Å². The van der Waals surface area contributed by atoms with Crippen molar-refractivity contribution in [2.24, 2.45) is 0 Å². The number of ether oxygens (including phenoxy) is 1. The van der Waals surface area contributed by atoms with Crippen LogP contribution in [0.5, 0.6) is 0 Å². The molecule has 102 valence electrons. The van der Waals surface area contributed by atoms with Crippen molar-refractivity contribution in [3.05, 3.63) is 10.7 Å². The molecule has 6 nitrogen and oxygen atoms in total. The Morgan fingerprint density at radius 1 is 1.61 bits per heavy atom. The van der Waals surface area contributed by atoms with Crippen molar-refractivity contribution >= 4 is 38.9 Å². The highest BCUT2D eigenvalue weighted by Gasteiger charge is 2.23. The lowest BCUT2D eigenvalue weighted by Gasteiger charge is -2.14. The van der Waals surface area contributed by atoms with Gasteiger partial charge in [0.25, 0.3) is 10.0 Å². The van der Waals surface area contributed by atoms with E-state index >= 15 is 0 Å². The van der Waals surface area contributed by atoms with Crippen LogP contribution in [-0.2, 0) is 19.6 Å². The molecule has 1 aromatic heterocycles. The number of carbonyl (C=O) groups excluding carboxylic acids is 1. The van der Waals surface area contributed by atoms with Gasteiger partial charge in [0.15, 0.2) is 8.68 Å². The molecule has 0 saturated carbocycles. The van der Waals surface area contributed by atoms with E-state index in [0.29, 0.717) is 6.42 Å². The Balaban J connectivity index is 2.60. The summed E-state index contributed by atoms with van der Waals surface area (Å²) in [5, 5.41) is 0. The van der Waals surface area contributed by atoms with E-state index in [-0.39, 0.29) is 27.6 Å². The molecular formula is C9H13ClN2O4S2. The summed E-state index contributed by atoms with van der Waals surface area (Å²) in [4.78, 5) is 14.6. The van der Waals surface area contributed by atoms with E-state index in [2.05, 4.69) is 9.72 Å². The Hall–Kier alpha value is -0.700. The largest absolute Gasteiger partial charge is 0.469 e. The second kappa shape index (κ2) is 6.46. The molecule has 0 aromatic carbocycles. The van der Waals surface area contributed by atoms with Crippen LogP contribution in [0.25, 0.3) is 0 Å². The fraction of sp³-hybridized carbons (Fsp3) is 0.556. The summed E-state index contributed by atoms with van der Waals surface area (Å²) in [6, 6.07) is 0. The van der Waals surface area contributed by atoms with E-state index in [0.717, 1.165) is 11.3 Å². The molecule has 0 bridgehead atoms. The molecule has 0 radical (unpaired) electrons. The fourth-order valence-corrected chi connectivity index (χ4v) is 3.89. The van der Waals surface area contributed by atoms with Crippen molar-refractivity contribution in [3.63, 3.8) is 0 Å². The third kappa shape index (κ3) is 3.91. The molecule has 0 aliphatic carbocycles. The minimum atomic E-state index is -3.57. The second-order valence-electron chi connectivity index (χ2n) is 3.44. The van der Waals surface area contributed by atoms with E-state index in [1.807, 2.05) is 0 Å². The summed E-state index contributed by atoms with van der Waals surface area (Å²) in [6.45, 7) is 0.229. The van der Waals surface area contributed by atoms with Gasteiger partial charge in [0, 0.05) is 20.0 Å². The molecule has 0 atom stereocenters. The molecular weight excluding hydrogens is 300 g/mol. The van der Waals surface area contributed by atoms with Crippen molar-refractivity contribution < 1.29 is 17.9 Å². The van der Waals surface area contributed by atoms with Gasteiger partial charge in [0.05, 0.1) is 13.3 Å². The number of carbonyl (C=O) groups is 1. The molecule has 1 heterocycles. The van der Waals surface area contributed by atoms with Gasteiger partial charge in [-0.05, 0) is 6.42 Å². The van der Waals surface area contributed by atoms with Crippen LogP contribution < -0.4 is 0 Å². The van der Waals surface area contributed by atoms with Crippen molar-refractivity contribution in [1.82, 2.24) is 9.29 Å². The van der Waals surface area contributed by atoms with Crippen molar-refractivity contribution in [2.75, 3.05) is 20.7 Å². The zero-order valence-electron chi connectivity index (χ0n) is 9.92. The third-order valence-electron chi connectivity index (χ3n) is 2.20. The maximum Gasteiger partial charge on any atom is 0.305 e. The first-order valence-electron chi connectivity index (χ1n) is 5.02. The highest BCUT2D eigenvalue weighted by Crippen LogP contribution is 2.24. The van der Waals surface area contributed by atoms with E-state index in [1.165, 1.54) is 24.7 Å². The molecule has 0 unspecified atom stereocenters. The Kier molecular flexibility index (Phi) is 5.51. The number of methoxy groups -OCH3 is 1. The monoisotopic (exact) mass is 312 g/mol. The Labute approximate surface area is 115 Å². The average Bonchev–Trinajstić information content (AvgIpc) is 2.76. The maximum atomic E-state index is 12.0. The van der Waals surface area contributed by atoms with Crippen LogP contribution in [0.3, 0.4) is 0 Å². The standard InChI is InChI=1S/C9H13ClN2O4S2/c1-12(5-3-4-7(13)16-2)18(14,15)8-6-11-9(10)17-8/h6H,3-5H2,1-2H3. The predicted molar refractivity (Wildman–Crippen MR) is 68.2 cm³/mol. The summed E-state index contributed by atoms with van der Waals surface area (Å²) < 4.78 is 29.9. The first-order chi connectivity index (χ1) is 8.37. The molecule has 0 amide bonds. The summed E-state index contributed by atoms with van der Waals surface area (Å²) in [5.74, 6) is -0.360. The molecule has 0 aliphatic rings. The Bertz CT molecular complexity index is 514. The van der Waals surface area contributed by atoms with Gasteiger partial charge in [-0.2, -0.15) is 0 Å². The van der Waals surface area contributed by atoms with Crippen molar-refractivity contribution in [2.45, 2.75) is 17.1 Å². The van der Waals surface area contributed by atoms with E-state index in [4.69, 9.17) is 11.6 Å². The quantitative estimate of drug-likeness (QED) is 0.741. The number of hydrogen-bond acceptors (Lipinski definition) is 6. The number of sulfonamides is 1. The smallest absolute Gasteiger partial charge is 0.305 e.